The van der Waals surface area contributed by atoms with Crippen molar-refractivity contribution in [1.82, 2.24) is 9.80 Å². The molecule has 1 unspecified atom stereocenters. The summed E-state index contributed by atoms with van der Waals surface area (Å²) in [5.41, 5.74) is 6.26. The normalized spacial score (nSPS) is 18.4. The van der Waals surface area contributed by atoms with Gasteiger partial charge in [0.25, 0.3) is 0 Å². The molecule has 21 heavy (non-hydrogen) atoms. The summed E-state index contributed by atoms with van der Waals surface area (Å²) >= 11 is 0. The van der Waals surface area contributed by atoms with Gasteiger partial charge in [0.2, 0.25) is 17.7 Å². The molecule has 1 heterocycles. The first kappa shape index (κ1) is 15.0. The number of amides is 3. The number of hydrogen-bond donors (Lipinski definition) is 1. The highest BCUT2D eigenvalue weighted by molar-refractivity contribution is 5.87. The lowest BCUT2D eigenvalue weighted by Crippen LogP contribution is -2.60. The van der Waals surface area contributed by atoms with E-state index in [-0.39, 0.29) is 24.8 Å². The van der Waals surface area contributed by atoms with Crippen LogP contribution >= 0.6 is 0 Å². The van der Waals surface area contributed by atoms with E-state index in [1.165, 1.54) is 11.8 Å². The third-order valence-electron chi connectivity index (χ3n) is 3.66. The van der Waals surface area contributed by atoms with Gasteiger partial charge in [-0.15, -0.1) is 0 Å². The molecule has 1 atom stereocenters. The lowest BCUT2D eigenvalue weighted by molar-refractivity contribution is -0.146. The minimum absolute atomic E-state index is 0.0596. The average molecular weight is 289 g/mol. The Morgan fingerprint density at radius 2 is 1.86 bits per heavy atom. The first-order chi connectivity index (χ1) is 9.99. The Balaban J connectivity index is 2.03. The van der Waals surface area contributed by atoms with Crippen LogP contribution < -0.4 is 5.73 Å². The highest BCUT2D eigenvalue weighted by Gasteiger charge is 2.34. The predicted octanol–water partition coefficient (Wildman–Crippen LogP) is -0.226. The summed E-state index contributed by atoms with van der Waals surface area (Å²) in [5, 5.41) is 0. The number of carbonyl (C=O) groups is 3. The predicted molar refractivity (Wildman–Crippen MR) is 77.1 cm³/mol. The lowest BCUT2D eigenvalue weighted by atomic mass is 10.1. The molecule has 1 aromatic rings. The van der Waals surface area contributed by atoms with Crippen molar-refractivity contribution >= 4 is 17.7 Å². The number of benzene rings is 1. The van der Waals surface area contributed by atoms with Crippen LogP contribution in [0.5, 0.6) is 0 Å². The minimum atomic E-state index is -0.740. The molecule has 3 amide bonds. The Hall–Kier alpha value is -2.37. The molecule has 0 saturated carbocycles. The first-order valence-corrected chi connectivity index (χ1v) is 6.87. The zero-order valence-corrected chi connectivity index (χ0v) is 12.0. The number of piperazine rings is 1. The van der Waals surface area contributed by atoms with E-state index in [2.05, 4.69) is 0 Å². The number of primary amides is 1. The van der Waals surface area contributed by atoms with Crippen LogP contribution in [0.3, 0.4) is 0 Å². The van der Waals surface area contributed by atoms with Gasteiger partial charge in [-0.3, -0.25) is 14.4 Å². The van der Waals surface area contributed by atoms with Crippen LogP contribution in [0.15, 0.2) is 30.3 Å². The number of rotatable bonds is 3. The van der Waals surface area contributed by atoms with E-state index in [4.69, 9.17) is 5.73 Å². The summed E-state index contributed by atoms with van der Waals surface area (Å²) < 4.78 is 0. The average Bonchev–Trinajstić information content (AvgIpc) is 2.47. The largest absolute Gasteiger partial charge is 0.368 e. The zero-order chi connectivity index (χ0) is 15.4. The molecule has 0 aromatic heterocycles. The van der Waals surface area contributed by atoms with Gasteiger partial charge < -0.3 is 15.5 Å². The molecule has 6 heteroatoms. The molecule has 0 bridgehead atoms. The van der Waals surface area contributed by atoms with Crippen molar-refractivity contribution in [3.63, 3.8) is 0 Å². The standard InChI is InChI=1S/C15H19N3O3/c1-11(19)18-8-7-17(10-13(18)15(16)21)14(20)9-12-5-3-2-4-6-12/h2-6,13H,7-10H2,1H3,(H2,16,21). The van der Waals surface area contributed by atoms with Gasteiger partial charge in [-0.1, -0.05) is 30.3 Å². The molecular weight excluding hydrogens is 270 g/mol. The van der Waals surface area contributed by atoms with Gasteiger partial charge in [-0.05, 0) is 5.56 Å². The van der Waals surface area contributed by atoms with Crippen LogP contribution in [-0.4, -0.2) is 53.2 Å². The quantitative estimate of drug-likeness (QED) is 0.834. The Morgan fingerprint density at radius 1 is 1.19 bits per heavy atom. The van der Waals surface area contributed by atoms with E-state index in [1.54, 1.807) is 4.90 Å². The van der Waals surface area contributed by atoms with E-state index >= 15 is 0 Å². The van der Waals surface area contributed by atoms with Crippen molar-refractivity contribution < 1.29 is 14.4 Å². The topological polar surface area (TPSA) is 83.7 Å². The molecule has 0 spiro atoms. The van der Waals surface area contributed by atoms with Gasteiger partial charge in [0.1, 0.15) is 6.04 Å². The summed E-state index contributed by atoms with van der Waals surface area (Å²) in [6.45, 7) is 2.33. The lowest BCUT2D eigenvalue weighted by Gasteiger charge is -2.39. The summed E-state index contributed by atoms with van der Waals surface area (Å²) in [6.07, 6.45) is 0.284. The maximum absolute atomic E-state index is 12.3. The molecule has 1 aromatic carbocycles. The van der Waals surface area contributed by atoms with E-state index < -0.39 is 11.9 Å². The van der Waals surface area contributed by atoms with Gasteiger partial charge >= 0.3 is 0 Å². The molecule has 112 valence electrons. The highest BCUT2D eigenvalue weighted by Crippen LogP contribution is 2.12. The van der Waals surface area contributed by atoms with Crippen molar-refractivity contribution in [1.29, 1.82) is 0 Å². The second-order valence-electron chi connectivity index (χ2n) is 5.13. The molecule has 0 radical (unpaired) electrons. The SMILES string of the molecule is CC(=O)N1CCN(C(=O)Cc2ccccc2)CC1C(N)=O. The summed E-state index contributed by atoms with van der Waals surface area (Å²) in [5.74, 6) is -0.841. The molecule has 2 N–H and O–H groups in total. The van der Waals surface area contributed by atoms with Gasteiger partial charge in [0.15, 0.2) is 0 Å². The third kappa shape index (κ3) is 3.59. The maximum atomic E-state index is 12.3. The van der Waals surface area contributed by atoms with Crippen LogP contribution in [-0.2, 0) is 20.8 Å². The van der Waals surface area contributed by atoms with Crippen molar-refractivity contribution in [3.05, 3.63) is 35.9 Å². The molecule has 1 saturated heterocycles. The van der Waals surface area contributed by atoms with Crippen molar-refractivity contribution in [2.24, 2.45) is 5.73 Å². The van der Waals surface area contributed by atoms with Gasteiger partial charge in [0, 0.05) is 20.0 Å². The molecule has 6 nitrogen and oxygen atoms in total. The number of nitrogens with two attached hydrogens (primary N) is 1. The number of nitrogens with zero attached hydrogens (tertiary/aromatic N) is 2. The summed E-state index contributed by atoms with van der Waals surface area (Å²) in [6, 6.07) is 8.68. The van der Waals surface area contributed by atoms with Gasteiger partial charge in [-0.25, -0.2) is 0 Å². The molecule has 1 aliphatic heterocycles. The zero-order valence-electron chi connectivity index (χ0n) is 12.0. The Kier molecular flexibility index (Phi) is 4.57. The summed E-state index contributed by atoms with van der Waals surface area (Å²) in [7, 11) is 0. The Morgan fingerprint density at radius 3 is 2.43 bits per heavy atom. The molecule has 2 rings (SSSR count). The summed E-state index contributed by atoms with van der Waals surface area (Å²) in [4.78, 5) is 38.3. The Bertz CT molecular complexity index is 544. The fraction of sp³-hybridized carbons (Fsp3) is 0.400. The Labute approximate surface area is 123 Å². The van der Waals surface area contributed by atoms with E-state index in [1.807, 2.05) is 30.3 Å². The number of hydrogen-bond acceptors (Lipinski definition) is 3. The van der Waals surface area contributed by atoms with E-state index in [9.17, 15) is 14.4 Å². The smallest absolute Gasteiger partial charge is 0.242 e. The van der Waals surface area contributed by atoms with Gasteiger partial charge in [0.05, 0.1) is 13.0 Å². The number of carbonyl (C=O) groups excluding carboxylic acids is 3. The van der Waals surface area contributed by atoms with Crippen LogP contribution in [0.2, 0.25) is 0 Å². The molecule has 1 aliphatic rings. The highest BCUT2D eigenvalue weighted by atomic mass is 16.2. The third-order valence-corrected chi connectivity index (χ3v) is 3.66. The van der Waals surface area contributed by atoms with E-state index in [0.29, 0.717) is 13.1 Å². The van der Waals surface area contributed by atoms with Crippen LogP contribution in [0.1, 0.15) is 12.5 Å². The van der Waals surface area contributed by atoms with Crippen LogP contribution in [0.4, 0.5) is 0 Å². The fourth-order valence-corrected chi connectivity index (χ4v) is 2.51. The monoisotopic (exact) mass is 289 g/mol. The van der Waals surface area contributed by atoms with Crippen LogP contribution in [0, 0.1) is 0 Å². The van der Waals surface area contributed by atoms with Crippen molar-refractivity contribution in [3.8, 4) is 0 Å². The maximum Gasteiger partial charge on any atom is 0.242 e. The fourth-order valence-electron chi connectivity index (χ4n) is 2.51. The van der Waals surface area contributed by atoms with Crippen LogP contribution in [0.25, 0.3) is 0 Å². The van der Waals surface area contributed by atoms with Gasteiger partial charge in [-0.2, -0.15) is 0 Å². The molecule has 1 fully saturated rings. The second-order valence-corrected chi connectivity index (χ2v) is 5.13. The molecular formula is C15H19N3O3. The first-order valence-electron chi connectivity index (χ1n) is 6.87. The van der Waals surface area contributed by atoms with Crippen molar-refractivity contribution in [2.75, 3.05) is 19.6 Å². The molecule has 0 aliphatic carbocycles. The van der Waals surface area contributed by atoms with Crippen molar-refractivity contribution in [2.45, 2.75) is 19.4 Å². The van der Waals surface area contributed by atoms with E-state index in [0.717, 1.165) is 5.56 Å². The second kappa shape index (κ2) is 6.39. The minimum Gasteiger partial charge on any atom is -0.368 e.